The Bertz CT molecular complexity index is 439. The molecular formula is C13H12FNO. The summed E-state index contributed by atoms with van der Waals surface area (Å²) >= 11 is 0. The fraction of sp³-hybridized carbons (Fsp3) is 0.0769. The largest absolute Gasteiger partial charge is 0.487 e. The summed E-state index contributed by atoms with van der Waals surface area (Å²) in [5.74, 6) is 0.308. The van der Waals surface area contributed by atoms with E-state index in [1.165, 1.54) is 6.07 Å². The van der Waals surface area contributed by atoms with Crippen molar-refractivity contribution >= 4 is 5.69 Å². The predicted molar refractivity (Wildman–Crippen MR) is 61.6 cm³/mol. The van der Waals surface area contributed by atoms with E-state index in [-0.39, 0.29) is 12.4 Å². The van der Waals surface area contributed by atoms with Gasteiger partial charge in [-0.2, -0.15) is 0 Å². The number of hydrogen-bond acceptors (Lipinski definition) is 2. The zero-order chi connectivity index (χ0) is 11.4. The molecule has 0 aliphatic rings. The van der Waals surface area contributed by atoms with Gasteiger partial charge in [-0.1, -0.05) is 30.3 Å². The normalized spacial score (nSPS) is 10.1. The minimum atomic E-state index is -0.267. The number of hydrogen-bond donors (Lipinski definition) is 1. The first-order chi connectivity index (χ1) is 7.77. The highest BCUT2D eigenvalue weighted by atomic mass is 19.1. The maximum atomic E-state index is 13.3. The molecular weight excluding hydrogens is 205 g/mol. The summed E-state index contributed by atoms with van der Waals surface area (Å²) in [6.07, 6.45) is 0. The van der Waals surface area contributed by atoms with Crippen molar-refractivity contribution in [2.45, 2.75) is 6.61 Å². The molecule has 2 aromatic rings. The molecule has 3 heteroatoms. The first-order valence-electron chi connectivity index (χ1n) is 4.98. The van der Waals surface area contributed by atoms with Crippen LogP contribution in [0, 0.1) is 5.82 Å². The van der Waals surface area contributed by atoms with E-state index in [2.05, 4.69) is 0 Å². The number of rotatable bonds is 3. The van der Waals surface area contributed by atoms with Crippen molar-refractivity contribution < 1.29 is 9.13 Å². The highest BCUT2D eigenvalue weighted by molar-refractivity contribution is 5.51. The lowest BCUT2D eigenvalue weighted by atomic mass is 10.2. The lowest BCUT2D eigenvalue weighted by molar-refractivity contribution is 0.301. The van der Waals surface area contributed by atoms with E-state index in [4.69, 9.17) is 10.5 Å². The molecule has 0 amide bonds. The van der Waals surface area contributed by atoms with Crippen molar-refractivity contribution in [3.8, 4) is 5.75 Å². The monoisotopic (exact) mass is 217 g/mol. The zero-order valence-corrected chi connectivity index (χ0v) is 8.69. The van der Waals surface area contributed by atoms with E-state index in [1.807, 2.05) is 12.1 Å². The third-order valence-electron chi connectivity index (χ3n) is 2.26. The van der Waals surface area contributed by atoms with Gasteiger partial charge in [0.15, 0.2) is 0 Å². The second kappa shape index (κ2) is 4.66. The Balaban J connectivity index is 2.09. The Kier molecular flexibility index (Phi) is 3.05. The standard InChI is InChI=1S/C13H12FNO/c14-11-6-2-1-5-10(11)9-16-13-8-4-3-7-12(13)15/h1-8H,9,15H2. The molecule has 0 unspecified atom stereocenters. The smallest absolute Gasteiger partial charge is 0.142 e. The second-order valence-electron chi connectivity index (χ2n) is 3.42. The van der Waals surface area contributed by atoms with Gasteiger partial charge in [-0.3, -0.25) is 0 Å². The van der Waals surface area contributed by atoms with Crippen LogP contribution >= 0.6 is 0 Å². The van der Waals surface area contributed by atoms with E-state index in [0.717, 1.165) is 0 Å². The third-order valence-corrected chi connectivity index (χ3v) is 2.26. The summed E-state index contributed by atoms with van der Waals surface area (Å²) in [6.45, 7) is 0.181. The van der Waals surface area contributed by atoms with Crippen LogP contribution in [0.4, 0.5) is 10.1 Å². The van der Waals surface area contributed by atoms with Gasteiger partial charge < -0.3 is 10.5 Å². The molecule has 0 atom stereocenters. The molecule has 0 saturated carbocycles. The van der Waals surface area contributed by atoms with Crippen LogP contribution in [0.2, 0.25) is 0 Å². The maximum Gasteiger partial charge on any atom is 0.142 e. The topological polar surface area (TPSA) is 35.2 Å². The van der Waals surface area contributed by atoms with E-state index in [1.54, 1.807) is 30.3 Å². The van der Waals surface area contributed by atoms with E-state index >= 15 is 0 Å². The van der Waals surface area contributed by atoms with Crippen LogP contribution in [0.15, 0.2) is 48.5 Å². The SMILES string of the molecule is Nc1ccccc1OCc1ccccc1F. The van der Waals surface area contributed by atoms with E-state index in [9.17, 15) is 4.39 Å². The fourth-order valence-corrected chi connectivity index (χ4v) is 1.38. The minimum absolute atomic E-state index is 0.181. The molecule has 2 nitrogen and oxygen atoms in total. The van der Waals surface area contributed by atoms with Crippen molar-refractivity contribution in [2.75, 3.05) is 5.73 Å². The Morgan fingerprint density at radius 3 is 2.44 bits per heavy atom. The second-order valence-corrected chi connectivity index (χ2v) is 3.42. The molecule has 0 aliphatic heterocycles. The molecule has 0 heterocycles. The molecule has 0 saturated heterocycles. The Hall–Kier alpha value is -2.03. The van der Waals surface area contributed by atoms with Crippen LogP contribution in [-0.2, 0) is 6.61 Å². The number of anilines is 1. The first-order valence-corrected chi connectivity index (χ1v) is 4.98. The van der Waals surface area contributed by atoms with Gasteiger partial charge in [-0.25, -0.2) is 4.39 Å². The van der Waals surface area contributed by atoms with Gasteiger partial charge in [0.1, 0.15) is 18.2 Å². The molecule has 2 rings (SSSR count). The average Bonchev–Trinajstić information content (AvgIpc) is 2.30. The van der Waals surface area contributed by atoms with Crippen LogP contribution in [-0.4, -0.2) is 0 Å². The van der Waals surface area contributed by atoms with Crippen molar-refractivity contribution in [1.82, 2.24) is 0 Å². The Morgan fingerprint density at radius 2 is 1.69 bits per heavy atom. The first kappa shape index (κ1) is 10.5. The lowest BCUT2D eigenvalue weighted by Crippen LogP contribution is -2.00. The van der Waals surface area contributed by atoms with Gasteiger partial charge >= 0.3 is 0 Å². The fourth-order valence-electron chi connectivity index (χ4n) is 1.38. The van der Waals surface area contributed by atoms with Crippen LogP contribution in [0.1, 0.15) is 5.56 Å². The van der Waals surface area contributed by atoms with Gasteiger partial charge in [-0.15, -0.1) is 0 Å². The van der Waals surface area contributed by atoms with Crippen molar-refractivity contribution in [3.63, 3.8) is 0 Å². The number of halogens is 1. The van der Waals surface area contributed by atoms with E-state index < -0.39 is 0 Å². The quantitative estimate of drug-likeness (QED) is 0.802. The summed E-state index contributed by atoms with van der Waals surface area (Å²) in [5, 5.41) is 0. The molecule has 0 aliphatic carbocycles. The third kappa shape index (κ3) is 2.31. The number of benzene rings is 2. The van der Waals surface area contributed by atoms with Gasteiger partial charge in [0.05, 0.1) is 5.69 Å². The molecule has 2 aromatic carbocycles. The zero-order valence-electron chi connectivity index (χ0n) is 8.69. The molecule has 0 spiro atoms. The highest BCUT2D eigenvalue weighted by Crippen LogP contribution is 2.21. The van der Waals surface area contributed by atoms with E-state index in [0.29, 0.717) is 17.0 Å². The van der Waals surface area contributed by atoms with Crippen LogP contribution in [0.3, 0.4) is 0 Å². The minimum Gasteiger partial charge on any atom is -0.487 e. The molecule has 0 bridgehead atoms. The number of nitrogens with two attached hydrogens (primary N) is 1. The molecule has 2 N–H and O–H groups in total. The summed E-state index contributed by atoms with van der Waals surface area (Å²) < 4.78 is 18.7. The Morgan fingerprint density at radius 1 is 1.00 bits per heavy atom. The van der Waals surface area contributed by atoms with Gasteiger partial charge in [0.25, 0.3) is 0 Å². The Labute approximate surface area is 93.5 Å². The summed E-state index contributed by atoms with van der Waals surface area (Å²) in [7, 11) is 0. The molecule has 0 fully saturated rings. The maximum absolute atomic E-state index is 13.3. The van der Waals surface area contributed by atoms with Crippen LogP contribution < -0.4 is 10.5 Å². The van der Waals surface area contributed by atoms with Gasteiger partial charge in [0.2, 0.25) is 0 Å². The predicted octanol–water partition coefficient (Wildman–Crippen LogP) is 2.99. The van der Waals surface area contributed by atoms with Crippen molar-refractivity contribution in [1.29, 1.82) is 0 Å². The summed E-state index contributed by atoms with van der Waals surface area (Å²) in [4.78, 5) is 0. The van der Waals surface area contributed by atoms with Crippen LogP contribution in [0.5, 0.6) is 5.75 Å². The molecule has 0 radical (unpaired) electrons. The summed E-state index contributed by atoms with van der Waals surface area (Å²) in [5.41, 5.74) is 6.78. The summed E-state index contributed by atoms with van der Waals surface area (Å²) in [6, 6.07) is 13.7. The number of ether oxygens (including phenoxy) is 1. The molecule has 82 valence electrons. The molecule has 0 aromatic heterocycles. The molecule has 16 heavy (non-hydrogen) atoms. The lowest BCUT2D eigenvalue weighted by Gasteiger charge is -2.08. The van der Waals surface area contributed by atoms with Gasteiger partial charge in [-0.05, 0) is 18.2 Å². The number of para-hydroxylation sites is 2. The average molecular weight is 217 g/mol. The van der Waals surface area contributed by atoms with Crippen molar-refractivity contribution in [2.24, 2.45) is 0 Å². The van der Waals surface area contributed by atoms with Crippen LogP contribution in [0.25, 0.3) is 0 Å². The van der Waals surface area contributed by atoms with Gasteiger partial charge in [0, 0.05) is 5.56 Å². The van der Waals surface area contributed by atoms with Crippen molar-refractivity contribution in [3.05, 3.63) is 59.9 Å². The number of nitrogen functional groups attached to an aromatic ring is 1. The highest BCUT2D eigenvalue weighted by Gasteiger charge is 2.03.